The van der Waals surface area contributed by atoms with E-state index in [1.54, 1.807) is 14.2 Å². The molecule has 0 aliphatic heterocycles. The van der Waals surface area contributed by atoms with Gasteiger partial charge in [-0.1, -0.05) is 18.2 Å². The Labute approximate surface area is 102 Å². The van der Waals surface area contributed by atoms with Crippen molar-refractivity contribution in [2.24, 2.45) is 0 Å². The Morgan fingerprint density at radius 3 is 2.65 bits per heavy atom. The van der Waals surface area contributed by atoms with E-state index in [0.29, 0.717) is 13.2 Å². The summed E-state index contributed by atoms with van der Waals surface area (Å²) in [6, 6.07) is 9.56. The van der Waals surface area contributed by atoms with Gasteiger partial charge in [0.25, 0.3) is 0 Å². The molecule has 0 saturated carbocycles. The number of methoxy groups -OCH3 is 2. The Morgan fingerprint density at radius 1 is 1.35 bits per heavy atom. The minimum atomic E-state index is -0.318. The predicted molar refractivity (Wildman–Crippen MR) is 65.9 cm³/mol. The van der Waals surface area contributed by atoms with Crippen LogP contribution in [-0.4, -0.2) is 39.3 Å². The lowest BCUT2D eigenvalue weighted by Gasteiger charge is -2.23. The summed E-state index contributed by atoms with van der Waals surface area (Å²) in [4.78, 5) is 1.95. The van der Waals surface area contributed by atoms with E-state index in [0.717, 1.165) is 11.3 Å². The smallest absolute Gasteiger partial charge is 0.127 e. The number of nitrogens with zero attached hydrogens (tertiary/aromatic N) is 2. The van der Waals surface area contributed by atoms with Gasteiger partial charge in [-0.2, -0.15) is 5.26 Å². The molecule has 17 heavy (non-hydrogen) atoms. The van der Waals surface area contributed by atoms with Crippen LogP contribution >= 0.6 is 0 Å². The number of para-hydroxylation sites is 1. The van der Waals surface area contributed by atoms with Gasteiger partial charge in [0, 0.05) is 19.2 Å². The average molecular weight is 234 g/mol. The Hall–Kier alpha value is -1.57. The van der Waals surface area contributed by atoms with Gasteiger partial charge < -0.3 is 9.47 Å². The summed E-state index contributed by atoms with van der Waals surface area (Å²) in [6.07, 6.45) is 0. The second kappa shape index (κ2) is 6.89. The Bertz CT molecular complexity index is 387. The van der Waals surface area contributed by atoms with Crippen molar-refractivity contribution in [1.29, 1.82) is 5.26 Å². The van der Waals surface area contributed by atoms with Crippen molar-refractivity contribution in [3.8, 4) is 11.8 Å². The highest BCUT2D eigenvalue weighted by Gasteiger charge is 2.19. The molecule has 1 unspecified atom stereocenters. The molecular weight excluding hydrogens is 216 g/mol. The summed E-state index contributed by atoms with van der Waals surface area (Å²) >= 11 is 0. The molecule has 0 aromatic heterocycles. The minimum absolute atomic E-state index is 0.318. The third-order valence-electron chi connectivity index (χ3n) is 2.64. The SMILES string of the molecule is COCCN(C)C(C#N)c1ccccc1OC. The molecule has 4 heteroatoms. The molecule has 0 heterocycles. The number of hydrogen-bond acceptors (Lipinski definition) is 4. The Balaban J connectivity index is 2.90. The predicted octanol–water partition coefficient (Wildman–Crippen LogP) is 1.84. The van der Waals surface area contributed by atoms with Crippen LogP contribution in [0.3, 0.4) is 0 Å². The summed E-state index contributed by atoms with van der Waals surface area (Å²) in [5.41, 5.74) is 0.885. The highest BCUT2D eigenvalue weighted by molar-refractivity contribution is 5.38. The molecule has 0 radical (unpaired) electrons. The van der Waals surface area contributed by atoms with E-state index in [4.69, 9.17) is 9.47 Å². The zero-order valence-electron chi connectivity index (χ0n) is 10.5. The minimum Gasteiger partial charge on any atom is -0.496 e. The van der Waals surface area contributed by atoms with E-state index in [-0.39, 0.29) is 6.04 Å². The lowest BCUT2D eigenvalue weighted by atomic mass is 10.1. The van der Waals surface area contributed by atoms with Crippen molar-refractivity contribution in [1.82, 2.24) is 4.90 Å². The van der Waals surface area contributed by atoms with Gasteiger partial charge in [-0.3, -0.25) is 4.90 Å². The highest BCUT2D eigenvalue weighted by atomic mass is 16.5. The topological polar surface area (TPSA) is 45.5 Å². The summed E-state index contributed by atoms with van der Waals surface area (Å²) in [5, 5.41) is 9.28. The number of benzene rings is 1. The first-order valence-electron chi connectivity index (χ1n) is 5.46. The maximum Gasteiger partial charge on any atom is 0.127 e. The molecule has 0 amide bonds. The second-order valence-electron chi connectivity index (χ2n) is 3.75. The van der Waals surface area contributed by atoms with Crippen molar-refractivity contribution in [3.63, 3.8) is 0 Å². The van der Waals surface area contributed by atoms with Crippen molar-refractivity contribution in [2.75, 3.05) is 34.4 Å². The number of ether oxygens (including phenoxy) is 2. The normalized spacial score (nSPS) is 12.2. The molecule has 0 aliphatic rings. The quantitative estimate of drug-likeness (QED) is 0.753. The fraction of sp³-hybridized carbons (Fsp3) is 0.462. The van der Waals surface area contributed by atoms with E-state index < -0.39 is 0 Å². The summed E-state index contributed by atoms with van der Waals surface area (Å²) in [7, 11) is 5.17. The van der Waals surface area contributed by atoms with Crippen LogP contribution in [0.5, 0.6) is 5.75 Å². The molecule has 92 valence electrons. The van der Waals surface area contributed by atoms with Crippen LogP contribution in [0.15, 0.2) is 24.3 Å². The second-order valence-corrected chi connectivity index (χ2v) is 3.75. The Morgan fingerprint density at radius 2 is 2.06 bits per heavy atom. The molecule has 4 nitrogen and oxygen atoms in total. The van der Waals surface area contributed by atoms with E-state index in [1.165, 1.54) is 0 Å². The third kappa shape index (κ3) is 3.45. The van der Waals surface area contributed by atoms with Gasteiger partial charge in [0.1, 0.15) is 11.8 Å². The molecule has 1 rings (SSSR count). The van der Waals surface area contributed by atoms with Gasteiger partial charge in [0.05, 0.1) is 19.8 Å². The van der Waals surface area contributed by atoms with Crippen LogP contribution in [0, 0.1) is 11.3 Å². The first-order valence-corrected chi connectivity index (χ1v) is 5.46. The largest absolute Gasteiger partial charge is 0.496 e. The first kappa shape index (κ1) is 13.5. The van der Waals surface area contributed by atoms with E-state index in [2.05, 4.69) is 6.07 Å². The average Bonchev–Trinajstić information content (AvgIpc) is 2.37. The lowest BCUT2D eigenvalue weighted by Crippen LogP contribution is -2.27. The van der Waals surface area contributed by atoms with Gasteiger partial charge in [0.15, 0.2) is 0 Å². The van der Waals surface area contributed by atoms with Gasteiger partial charge in [0.2, 0.25) is 0 Å². The van der Waals surface area contributed by atoms with Crippen molar-refractivity contribution < 1.29 is 9.47 Å². The maximum atomic E-state index is 9.28. The zero-order valence-corrected chi connectivity index (χ0v) is 10.5. The molecule has 0 bridgehead atoms. The molecule has 1 aromatic carbocycles. The fourth-order valence-corrected chi connectivity index (χ4v) is 1.66. The van der Waals surface area contributed by atoms with Crippen LogP contribution in [0.1, 0.15) is 11.6 Å². The zero-order chi connectivity index (χ0) is 12.7. The third-order valence-corrected chi connectivity index (χ3v) is 2.64. The van der Waals surface area contributed by atoms with Crippen LogP contribution < -0.4 is 4.74 Å². The van der Waals surface area contributed by atoms with Gasteiger partial charge in [-0.15, -0.1) is 0 Å². The van der Waals surface area contributed by atoms with Crippen LogP contribution in [-0.2, 0) is 4.74 Å². The summed E-state index contributed by atoms with van der Waals surface area (Å²) < 4.78 is 10.3. The van der Waals surface area contributed by atoms with E-state index >= 15 is 0 Å². The number of nitriles is 1. The summed E-state index contributed by atoms with van der Waals surface area (Å²) in [5.74, 6) is 0.739. The number of likely N-dealkylation sites (N-methyl/N-ethyl adjacent to an activating group) is 1. The Kier molecular flexibility index (Phi) is 5.47. The van der Waals surface area contributed by atoms with Gasteiger partial charge >= 0.3 is 0 Å². The number of hydrogen-bond donors (Lipinski definition) is 0. The summed E-state index contributed by atoms with van der Waals surface area (Å²) in [6.45, 7) is 1.30. The molecule has 0 spiro atoms. The van der Waals surface area contributed by atoms with E-state index in [1.807, 2.05) is 36.2 Å². The molecule has 0 saturated heterocycles. The van der Waals surface area contributed by atoms with Gasteiger partial charge in [-0.25, -0.2) is 0 Å². The molecule has 1 atom stereocenters. The molecule has 0 N–H and O–H groups in total. The van der Waals surface area contributed by atoms with Crippen LogP contribution in [0.25, 0.3) is 0 Å². The van der Waals surface area contributed by atoms with Crippen molar-refractivity contribution in [2.45, 2.75) is 6.04 Å². The highest BCUT2D eigenvalue weighted by Crippen LogP contribution is 2.27. The van der Waals surface area contributed by atoms with Crippen LogP contribution in [0.4, 0.5) is 0 Å². The molecule has 0 fully saturated rings. The van der Waals surface area contributed by atoms with Crippen molar-refractivity contribution >= 4 is 0 Å². The standard InChI is InChI=1S/C13H18N2O2/c1-15(8-9-16-2)12(10-14)11-6-4-5-7-13(11)17-3/h4-7,12H,8-9H2,1-3H3. The molecule has 1 aromatic rings. The van der Waals surface area contributed by atoms with Gasteiger partial charge in [-0.05, 0) is 13.1 Å². The van der Waals surface area contributed by atoms with Crippen molar-refractivity contribution in [3.05, 3.63) is 29.8 Å². The number of rotatable bonds is 6. The fourth-order valence-electron chi connectivity index (χ4n) is 1.66. The maximum absolute atomic E-state index is 9.28. The van der Waals surface area contributed by atoms with E-state index in [9.17, 15) is 5.26 Å². The lowest BCUT2D eigenvalue weighted by molar-refractivity contribution is 0.150. The molecule has 0 aliphatic carbocycles. The monoisotopic (exact) mass is 234 g/mol. The first-order chi connectivity index (χ1) is 8.24. The molecular formula is C13H18N2O2. The van der Waals surface area contributed by atoms with Crippen LogP contribution in [0.2, 0.25) is 0 Å².